The second kappa shape index (κ2) is 6.39. The van der Waals surface area contributed by atoms with E-state index in [0.29, 0.717) is 17.7 Å². The van der Waals surface area contributed by atoms with Crippen molar-refractivity contribution >= 4 is 15.7 Å². The van der Waals surface area contributed by atoms with Crippen LogP contribution in [0.3, 0.4) is 0 Å². The Morgan fingerprint density at radius 1 is 1.05 bits per heavy atom. The molecule has 0 aliphatic rings. The van der Waals surface area contributed by atoms with Gasteiger partial charge in [-0.05, 0) is 48.4 Å². The van der Waals surface area contributed by atoms with E-state index >= 15 is 0 Å². The molecule has 2 aromatic carbocycles. The molecule has 0 radical (unpaired) electrons. The van der Waals surface area contributed by atoms with Gasteiger partial charge in [-0.2, -0.15) is 5.26 Å². The summed E-state index contributed by atoms with van der Waals surface area (Å²) in [5.74, 6) is 0. The predicted molar refractivity (Wildman–Crippen MR) is 79.2 cm³/mol. The van der Waals surface area contributed by atoms with Gasteiger partial charge in [-0.1, -0.05) is 12.1 Å². The molecule has 0 unspecified atom stereocenters. The van der Waals surface area contributed by atoms with E-state index in [-0.39, 0.29) is 11.5 Å². The third-order valence-electron chi connectivity index (χ3n) is 2.90. The lowest BCUT2D eigenvalue weighted by Gasteiger charge is -2.08. The van der Waals surface area contributed by atoms with Gasteiger partial charge < -0.3 is 5.11 Å². The van der Waals surface area contributed by atoms with Gasteiger partial charge in [0, 0.05) is 12.3 Å². The molecule has 0 aromatic heterocycles. The summed E-state index contributed by atoms with van der Waals surface area (Å²) in [5.41, 5.74) is 1.78. The lowest BCUT2D eigenvalue weighted by Crippen LogP contribution is -2.12. The molecule has 0 amide bonds. The number of nitrogens with one attached hydrogen (secondary N) is 1. The number of sulfonamides is 1. The van der Waals surface area contributed by atoms with Gasteiger partial charge in [0.25, 0.3) is 10.0 Å². The molecule has 21 heavy (non-hydrogen) atoms. The van der Waals surface area contributed by atoms with Crippen LogP contribution in [0.25, 0.3) is 0 Å². The van der Waals surface area contributed by atoms with Gasteiger partial charge in [-0.25, -0.2) is 8.42 Å². The average molecular weight is 302 g/mol. The first-order valence-electron chi connectivity index (χ1n) is 6.28. The maximum absolute atomic E-state index is 12.2. The van der Waals surface area contributed by atoms with E-state index in [4.69, 9.17) is 10.4 Å². The molecule has 0 bridgehead atoms. The van der Waals surface area contributed by atoms with Gasteiger partial charge >= 0.3 is 0 Å². The van der Waals surface area contributed by atoms with E-state index < -0.39 is 10.0 Å². The monoisotopic (exact) mass is 302 g/mol. The van der Waals surface area contributed by atoms with Gasteiger partial charge in [-0.3, -0.25) is 4.72 Å². The number of benzene rings is 2. The third kappa shape index (κ3) is 3.81. The summed E-state index contributed by atoms with van der Waals surface area (Å²) in [6.07, 6.45) is 0.530. The minimum atomic E-state index is -3.67. The Balaban J connectivity index is 2.18. The molecule has 0 heterocycles. The smallest absolute Gasteiger partial charge is 0.261 e. The molecule has 2 N–H and O–H groups in total. The van der Waals surface area contributed by atoms with Crippen LogP contribution in [0.15, 0.2) is 53.4 Å². The average Bonchev–Trinajstić information content (AvgIpc) is 2.49. The number of hydrogen-bond acceptors (Lipinski definition) is 4. The number of aliphatic hydroxyl groups excluding tert-OH is 1. The molecular weight excluding hydrogens is 288 g/mol. The zero-order valence-electron chi connectivity index (χ0n) is 11.2. The van der Waals surface area contributed by atoms with Crippen molar-refractivity contribution < 1.29 is 13.5 Å². The molecule has 2 aromatic rings. The minimum absolute atomic E-state index is 0.0519. The summed E-state index contributed by atoms with van der Waals surface area (Å²) >= 11 is 0. The highest BCUT2D eigenvalue weighted by molar-refractivity contribution is 7.92. The first-order chi connectivity index (χ1) is 10.0. The molecule has 0 fully saturated rings. The second-order valence-corrected chi connectivity index (χ2v) is 6.09. The van der Waals surface area contributed by atoms with E-state index in [1.807, 2.05) is 6.07 Å². The predicted octanol–water partition coefficient (Wildman–Crippen LogP) is 1.89. The van der Waals surface area contributed by atoms with Crippen molar-refractivity contribution in [2.75, 3.05) is 11.3 Å². The van der Waals surface area contributed by atoms with Crippen LogP contribution in [0.2, 0.25) is 0 Å². The highest BCUT2D eigenvalue weighted by Crippen LogP contribution is 2.17. The molecule has 5 nitrogen and oxygen atoms in total. The lowest BCUT2D eigenvalue weighted by atomic mass is 10.1. The number of nitrogens with zero attached hydrogens (tertiary/aromatic N) is 1. The van der Waals surface area contributed by atoms with Gasteiger partial charge in [0.05, 0.1) is 16.5 Å². The number of nitriles is 1. The Morgan fingerprint density at radius 2 is 1.67 bits per heavy atom. The van der Waals surface area contributed by atoms with E-state index in [9.17, 15) is 8.42 Å². The molecule has 0 aliphatic carbocycles. The molecule has 0 aliphatic heterocycles. The van der Waals surface area contributed by atoms with Gasteiger partial charge in [0.15, 0.2) is 0 Å². The minimum Gasteiger partial charge on any atom is -0.396 e. The van der Waals surface area contributed by atoms with E-state index in [1.54, 1.807) is 24.3 Å². The number of rotatable bonds is 5. The first-order valence-corrected chi connectivity index (χ1v) is 7.76. The van der Waals surface area contributed by atoms with Crippen molar-refractivity contribution in [2.24, 2.45) is 0 Å². The number of aliphatic hydroxyl groups is 1. The Bertz CT molecular complexity index is 745. The fourth-order valence-corrected chi connectivity index (χ4v) is 2.85. The van der Waals surface area contributed by atoms with Crippen molar-refractivity contribution in [1.82, 2.24) is 0 Å². The van der Waals surface area contributed by atoms with Gasteiger partial charge in [-0.15, -0.1) is 0 Å². The largest absolute Gasteiger partial charge is 0.396 e. The van der Waals surface area contributed by atoms with Crippen LogP contribution >= 0.6 is 0 Å². The Morgan fingerprint density at radius 3 is 2.19 bits per heavy atom. The first kappa shape index (κ1) is 15.0. The van der Waals surface area contributed by atoms with Crippen LogP contribution < -0.4 is 4.72 Å². The fraction of sp³-hybridized carbons (Fsp3) is 0.133. The Labute approximate surface area is 123 Å². The fourth-order valence-electron chi connectivity index (χ4n) is 1.79. The van der Waals surface area contributed by atoms with E-state index in [2.05, 4.69) is 4.72 Å². The topological polar surface area (TPSA) is 90.2 Å². The molecule has 0 spiro atoms. The summed E-state index contributed by atoms with van der Waals surface area (Å²) in [5, 5.41) is 17.5. The van der Waals surface area contributed by atoms with E-state index in [1.165, 1.54) is 24.3 Å². The maximum atomic E-state index is 12.2. The molecule has 0 saturated heterocycles. The number of anilines is 1. The number of hydrogen-bond donors (Lipinski definition) is 2. The molecular formula is C15H14N2O3S. The maximum Gasteiger partial charge on any atom is 0.261 e. The van der Waals surface area contributed by atoms with E-state index in [0.717, 1.165) is 5.56 Å². The standard InChI is InChI=1S/C15H14N2O3S/c16-11-13-3-7-15(8-4-13)21(19,20)17-14-5-1-12(2-6-14)9-10-18/h1-8,17-18H,9-10H2. The van der Waals surface area contributed by atoms with Crippen LogP contribution in [0.5, 0.6) is 0 Å². The van der Waals surface area contributed by atoms with Crippen LogP contribution in [0.1, 0.15) is 11.1 Å². The van der Waals surface area contributed by atoms with Crippen LogP contribution in [-0.4, -0.2) is 20.1 Å². The summed E-state index contributed by atoms with van der Waals surface area (Å²) in [6, 6.07) is 14.4. The van der Waals surface area contributed by atoms with Crippen molar-refractivity contribution in [1.29, 1.82) is 5.26 Å². The third-order valence-corrected chi connectivity index (χ3v) is 4.30. The molecule has 108 valence electrons. The van der Waals surface area contributed by atoms with Gasteiger partial charge in [0.2, 0.25) is 0 Å². The molecule has 2 rings (SSSR count). The Kier molecular flexibility index (Phi) is 4.58. The lowest BCUT2D eigenvalue weighted by molar-refractivity contribution is 0.299. The second-order valence-electron chi connectivity index (χ2n) is 4.41. The van der Waals surface area contributed by atoms with Gasteiger partial charge in [0.1, 0.15) is 0 Å². The van der Waals surface area contributed by atoms with Crippen molar-refractivity contribution in [3.05, 3.63) is 59.7 Å². The van der Waals surface area contributed by atoms with Crippen LogP contribution in [-0.2, 0) is 16.4 Å². The van der Waals surface area contributed by atoms with Crippen molar-refractivity contribution in [3.8, 4) is 6.07 Å². The zero-order valence-corrected chi connectivity index (χ0v) is 12.0. The van der Waals surface area contributed by atoms with Crippen LogP contribution in [0.4, 0.5) is 5.69 Å². The Hall–Kier alpha value is -2.36. The van der Waals surface area contributed by atoms with Crippen molar-refractivity contribution in [3.63, 3.8) is 0 Å². The summed E-state index contributed by atoms with van der Waals surface area (Å²) < 4.78 is 26.8. The quantitative estimate of drug-likeness (QED) is 0.882. The SMILES string of the molecule is N#Cc1ccc(S(=O)(=O)Nc2ccc(CCO)cc2)cc1. The normalized spacial score (nSPS) is 10.9. The molecule has 6 heteroatoms. The highest BCUT2D eigenvalue weighted by Gasteiger charge is 2.13. The van der Waals surface area contributed by atoms with Crippen molar-refractivity contribution in [2.45, 2.75) is 11.3 Å². The highest BCUT2D eigenvalue weighted by atomic mass is 32.2. The molecule has 0 saturated carbocycles. The summed E-state index contributed by atoms with van der Waals surface area (Å²) in [4.78, 5) is 0.0981. The molecule has 0 atom stereocenters. The van der Waals surface area contributed by atoms with Crippen LogP contribution in [0, 0.1) is 11.3 Å². The summed E-state index contributed by atoms with van der Waals surface area (Å²) in [6.45, 7) is 0.0519. The summed E-state index contributed by atoms with van der Waals surface area (Å²) in [7, 11) is -3.67. The zero-order chi connectivity index (χ0) is 15.3.